The average Bonchev–Trinajstić information content (AvgIpc) is 2.67. The highest BCUT2D eigenvalue weighted by Crippen LogP contribution is 2.22. The van der Waals surface area contributed by atoms with Gasteiger partial charge in [-0.05, 0) is 47.2 Å². The summed E-state index contributed by atoms with van der Waals surface area (Å²) in [6.45, 7) is 1.66. The molecule has 1 N–H and O–H groups in total. The molecule has 5 nitrogen and oxygen atoms in total. The highest BCUT2D eigenvalue weighted by atomic mass is 79.9. The van der Waals surface area contributed by atoms with Gasteiger partial charge in [-0.3, -0.25) is 4.79 Å². The molecule has 0 fully saturated rings. The van der Waals surface area contributed by atoms with Crippen LogP contribution in [0.1, 0.15) is 6.92 Å². The number of rotatable bonds is 6. The van der Waals surface area contributed by atoms with Crippen molar-refractivity contribution in [2.45, 2.75) is 11.8 Å². The van der Waals surface area contributed by atoms with E-state index < -0.39 is 10.0 Å². The summed E-state index contributed by atoms with van der Waals surface area (Å²) < 4.78 is 28.0. The summed E-state index contributed by atoms with van der Waals surface area (Å²) in [7, 11) is -3.77. The van der Waals surface area contributed by atoms with Crippen molar-refractivity contribution in [3.8, 4) is 0 Å². The third-order valence-electron chi connectivity index (χ3n) is 4.16. The Bertz CT molecular complexity index is 1070. The number of anilines is 1. The zero-order valence-corrected chi connectivity index (χ0v) is 17.1. The summed E-state index contributed by atoms with van der Waals surface area (Å²) in [5, 5.41) is 4.53. The van der Waals surface area contributed by atoms with E-state index in [2.05, 4.69) is 21.2 Å². The summed E-state index contributed by atoms with van der Waals surface area (Å²) in [4.78, 5) is 12.5. The summed E-state index contributed by atoms with van der Waals surface area (Å²) in [6, 6.07) is 19.7. The molecule has 1 amide bonds. The minimum atomic E-state index is -3.77. The Morgan fingerprint density at radius 2 is 1.67 bits per heavy atom. The summed E-state index contributed by atoms with van der Waals surface area (Å²) in [5.41, 5.74) is 0.613. The smallest absolute Gasteiger partial charge is 0.243 e. The molecule has 0 atom stereocenters. The van der Waals surface area contributed by atoms with E-state index in [-0.39, 0.29) is 23.9 Å². The highest BCUT2D eigenvalue weighted by molar-refractivity contribution is 9.10. The molecular formula is C20H19BrN2O3S. The molecule has 0 radical (unpaired) electrons. The normalized spacial score (nSPS) is 11.7. The summed E-state index contributed by atoms with van der Waals surface area (Å²) in [5.74, 6) is -0.386. The molecule has 0 saturated carbocycles. The fraction of sp³-hybridized carbons (Fsp3) is 0.150. The first kappa shape index (κ1) is 19.5. The van der Waals surface area contributed by atoms with Gasteiger partial charge in [-0.1, -0.05) is 53.2 Å². The molecule has 0 aliphatic heterocycles. The molecule has 140 valence electrons. The van der Waals surface area contributed by atoms with E-state index in [1.165, 1.54) is 4.31 Å². The number of likely N-dealkylation sites (N-methyl/N-ethyl adjacent to an activating group) is 1. The lowest BCUT2D eigenvalue weighted by Crippen LogP contribution is -2.37. The SMILES string of the molecule is CCN(CC(=O)Nc1ccc(Br)cc1)S(=O)(=O)c1ccc2ccccc2c1. The Morgan fingerprint density at radius 1 is 1.00 bits per heavy atom. The molecule has 3 rings (SSSR count). The number of nitrogens with zero attached hydrogens (tertiary/aromatic N) is 1. The van der Waals surface area contributed by atoms with Crippen molar-refractivity contribution in [2.24, 2.45) is 0 Å². The molecule has 3 aromatic rings. The zero-order valence-electron chi connectivity index (χ0n) is 14.7. The van der Waals surface area contributed by atoms with Gasteiger partial charge < -0.3 is 5.32 Å². The van der Waals surface area contributed by atoms with Gasteiger partial charge in [0, 0.05) is 16.7 Å². The number of benzene rings is 3. The first-order valence-corrected chi connectivity index (χ1v) is 10.7. The lowest BCUT2D eigenvalue weighted by atomic mass is 10.1. The molecule has 0 saturated heterocycles. The second kappa shape index (κ2) is 8.21. The van der Waals surface area contributed by atoms with E-state index in [4.69, 9.17) is 0 Å². The fourth-order valence-corrected chi connectivity index (χ4v) is 4.44. The van der Waals surface area contributed by atoms with Crippen LogP contribution in [0.15, 0.2) is 76.1 Å². The molecule has 0 bridgehead atoms. The van der Waals surface area contributed by atoms with Gasteiger partial charge in [-0.2, -0.15) is 4.31 Å². The van der Waals surface area contributed by atoms with Crippen LogP contribution in [0.2, 0.25) is 0 Å². The van der Waals surface area contributed by atoms with Crippen LogP contribution in [-0.2, 0) is 14.8 Å². The monoisotopic (exact) mass is 446 g/mol. The van der Waals surface area contributed by atoms with Crippen LogP contribution < -0.4 is 5.32 Å². The topological polar surface area (TPSA) is 66.5 Å². The quantitative estimate of drug-likeness (QED) is 0.615. The van der Waals surface area contributed by atoms with Crippen molar-refractivity contribution in [1.29, 1.82) is 0 Å². The van der Waals surface area contributed by atoms with E-state index >= 15 is 0 Å². The van der Waals surface area contributed by atoms with Crippen molar-refractivity contribution in [1.82, 2.24) is 4.31 Å². The van der Waals surface area contributed by atoms with Crippen LogP contribution in [0.5, 0.6) is 0 Å². The Balaban J connectivity index is 1.79. The number of carbonyl (C=O) groups excluding carboxylic acids is 1. The van der Waals surface area contributed by atoms with Gasteiger partial charge in [0.2, 0.25) is 15.9 Å². The summed E-state index contributed by atoms with van der Waals surface area (Å²) in [6.07, 6.45) is 0. The number of hydrogen-bond acceptors (Lipinski definition) is 3. The Hall–Kier alpha value is -2.22. The van der Waals surface area contributed by atoms with E-state index in [1.54, 1.807) is 49.4 Å². The van der Waals surface area contributed by atoms with Crippen LogP contribution >= 0.6 is 15.9 Å². The van der Waals surface area contributed by atoms with E-state index in [9.17, 15) is 13.2 Å². The first-order valence-electron chi connectivity index (χ1n) is 8.44. The Kier molecular flexibility index (Phi) is 5.94. The number of hydrogen-bond donors (Lipinski definition) is 1. The average molecular weight is 447 g/mol. The minimum absolute atomic E-state index is 0.180. The van der Waals surface area contributed by atoms with Gasteiger partial charge >= 0.3 is 0 Å². The van der Waals surface area contributed by atoms with Gasteiger partial charge in [0.25, 0.3) is 0 Å². The third-order valence-corrected chi connectivity index (χ3v) is 6.60. The molecule has 0 spiro atoms. The van der Waals surface area contributed by atoms with E-state index in [0.717, 1.165) is 15.2 Å². The van der Waals surface area contributed by atoms with Crippen molar-refractivity contribution < 1.29 is 13.2 Å². The molecule has 0 aliphatic rings. The van der Waals surface area contributed by atoms with E-state index in [1.807, 2.05) is 24.3 Å². The largest absolute Gasteiger partial charge is 0.325 e. The molecular weight excluding hydrogens is 428 g/mol. The maximum atomic E-state index is 13.0. The second-order valence-corrected chi connectivity index (χ2v) is 8.85. The molecule has 27 heavy (non-hydrogen) atoms. The van der Waals surface area contributed by atoms with Crippen molar-refractivity contribution >= 4 is 48.3 Å². The van der Waals surface area contributed by atoms with Crippen LogP contribution in [-0.4, -0.2) is 31.7 Å². The van der Waals surface area contributed by atoms with Gasteiger partial charge in [0.05, 0.1) is 11.4 Å². The van der Waals surface area contributed by atoms with Crippen molar-refractivity contribution in [3.05, 3.63) is 71.2 Å². The standard InChI is InChI=1S/C20H19BrN2O3S/c1-2-23(14-20(24)22-18-10-8-17(21)9-11-18)27(25,26)19-12-7-15-5-3-4-6-16(15)13-19/h3-13H,2,14H2,1H3,(H,22,24). The predicted octanol–water partition coefficient (Wildman–Crippen LogP) is 4.25. The number of amides is 1. The number of nitrogens with one attached hydrogen (secondary N) is 1. The maximum Gasteiger partial charge on any atom is 0.243 e. The van der Waals surface area contributed by atoms with Crippen LogP contribution in [0.4, 0.5) is 5.69 Å². The number of carbonyl (C=O) groups is 1. The van der Waals surface area contributed by atoms with E-state index in [0.29, 0.717) is 5.69 Å². The number of halogens is 1. The number of fused-ring (bicyclic) bond motifs is 1. The van der Waals surface area contributed by atoms with Crippen molar-refractivity contribution in [3.63, 3.8) is 0 Å². The first-order chi connectivity index (χ1) is 12.9. The van der Waals surface area contributed by atoms with Crippen LogP contribution in [0, 0.1) is 0 Å². The molecule has 0 unspecified atom stereocenters. The molecule has 0 aliphatic carbocycles. The van der Waals surface area contributed by atoms with Gasteiger partial charge in [-0.25, -0.2) is 8.42 Å². The maximum absolute atomic E-state index is 13.0. The predicted molar refractivity (Wildman–Crippen MR) is 111 cm³/mol. The lowest BCUT2D eigenvalue weighted by Gasteiger charge is -2.20. The second-order valence-electron chi connectivity index (χ2n) is 6.00. The van der Waals surface area contributed by atoms with Crippen molar-refractivity contribution in [2.75, 3.05) is 18.4 Å². The number of sulfonamides is 1. The zero-order chi connectivity index (χ0) is 19.4. The Morgan fingerprint density at radius 3 is 2.33 bits per heavy atom. The van der Waals surface area contributed by atoms with Gasteiger partial charge in [0.15, 0.2) is 0 Å². The summed E-state index contributed by atoms with van der Waals surface area (Å²) >= 11 is 3.33. The third kappa shape index (κ3) is 4.55. The Labute approximate surface area is 167 Å². The molecule has 0 heterocycles. The van der Waals surface area contributed by atoms with Gasteiger partial charge in [0.1, 0.15) is 0 Å². The highest BCUT2D eigenvalue weighted by Gasteiger charge is 2.25. The van der Waals surface area contributed by atoms with Crippen LogP contribution in [0.25, 0.3) is 10.8 Å². The van der Waals surface area contributed by atoms with Crippen LogP contribution in [0.3, 0.4) is 0 Å². The molecule has 0 aromatic heterocycles. The molecule has 7 heteroatoms. The fourth-order valence-electron chi connectivity index (χ4n) is 2.74. The lowest BCUT2D eigenvalue weighted by molar-refractivity contribution is -0.116. The van der Waals surface area contributed by atoms with Gasteiger partial charge in [-0.15, -0.1) is 0 Å². The molecule has 3 aromatic carbocycles. The minimum Gasteiger partial charge on any atom is -0.325 e.